The number of methoxy groups -OCH3 is 1. The van der Waals surface area contributed by atoms with Crippen LogP contribution < -0.4 is 15.0 Å². The number of amides is 1. The molecule has 0 radical (unpaired) electrons. The molecule has 2 aromatic heterocycles. The predicted octanol–water partition coefficient (Wildman–Crippen LogP) is 7.34. The summed E-state index contributed by atoms with van der Waals surface area (Å²) in [7, 11) is 5.64. The van der Waals surface area contributed by atoms with Gasteiger partial charge in [-0.1, -0.05) is 41.9 Å². The van der Waals surface area contributed by atoms with E-state index in [1.165, 1.54) is 0 Å². The van der Waals surface area contributed by atoms with Gasteiger partial charge in [0, 0.05) is 71.0 Å². The topological polar surface area (TPSA) is 79.4 Å². The first-order valence-corrected chi connectivity index (χ1v) is 15.2. The van der Waals surface area contributed by atoms with Gasteiger partial charge in [0.1, 0.15) is 5.75 Å². The zero-order chi connectivity index (χ0) is 31.7. The maximum absolute atomic E-state index is 13.7. The van der Waals surface area contributed by atoms with Crippen LogP contribution >= 0.6 is 11.6 Å². The van der Waals surface area contributed by atoms with Gasteiger partial charge in [0.25, 0.3) is 5.91 Å². The predicted molar refractivity (Wildman–Crippen MR) is 182 cm³/mol. The molecule has 0 unspecified atom stereocenters. The van der Waals surface area contributed by atoms with Crippen LogP contribution in [0.15, 0.2) is 97.2 Å². The lowest BCUT2D eigenvalue weighted by atomic mass is 9.90. The van der Waals surface area contributed by atoms with Crippen molar-refractivity contribution in [3.63, 3.8) is 0 Å². The number of para-hydroxylation sites is 1. The number of anilines is 1. The van der Waals surface area contributed by atoms with Crippen LogP contribution in [0, 0.1) is 6.92 Å². The van der Waals surface area contributed by atoms with E-state index in [0.717, 1.165) is 38.7 Å². The number of rotatable bonds is 9. The summed E-state index contributed by atoms with van der Waals surface area (Å²) in [5, 5.41) is 5.70. The quantitative estimate of drug-likeness (QED) is 0.178. The van der Waals surface area contributed by atoms with Crippen molar-refractivity contribution in [1.82, 2.24) is 14.9 Å². The number of aromatic amines is 1. The molecule has 6 aromatic rings. The number of H-pyrrole nitrogens is 1. The van der Waals surface area contributed by atoms with E-state index in [2.05, 4.69) is 51.6 Å². The Hall–Kier alpha value is -5.01. The molecule has 6 rings (SSSR count). The third-order valence-electron chi connectivity index (χ3n) is 8.49. The van der Waals surface area contributed by atoms with Crippen molar-refractivity contribution in [3.05, 3.63) is 130 Å². The van der Waals surface area contributed by atoms with Gasteiger partial charge in [0.2, 0.25) is 5.91 Å². The fourth-order valence-electron chi connectivity index (χ4n) is 6.03. The summed E-state index contributed by atoms with van der Waals surface area (Å²) < 4.78 is 7.17. The number of nitrogens with zero attached hydrogens (tertiary/aromatic N) is 2. The van der Waals surface area contributed by atoms with E-state index in [0.29, 0.717) is 34.1 Å². The molecule has 2 heterocycles. The Kier molecular flexibility index (Phi) is 8.37. The summed E-state index contributed by atoms with van der Waals surface area (Å²) in [6.45, 7) is 2.29. The monoisotopic (exact) mass is 618 g/mol. The SMILES string of the molecule is COc1ccc2c(c1)c(CC(=O)NC[C@@H](c1ccc(N(C)C)cc1)c1c[nH]c3ccccc13)c(C)n2C(=O)c1ccc(Cl)cc1. The number of carbonyl (C=O) groups excluding carboxylic acids is 2. The molecule has 7 nitrogen and oxygen atoms in total. The summed E-state index contributed by atoms with van der Waals surface area (Å²) in [4.78, 5) is 32.9. The summed E-state index contributed by atoms with van der Waals surface area (Å²) >= 11 is 6.07. The van der Waals surface area contributed by atoms with Crippen molar-refractivity contribution in [3.8, 4) is 5.75 Å². The van der Waals surface area contributed by atoms with Crippen LogP contribution in [0.4, 0.5) is 5.69 Å². The van der Waals surface area contributed by atoms with Crippen LogP contribution in [0.2, 0.25) is 5.02 Å². The first-order chi connectivity index (χ1) is 21.7. The molecule has 0 aliphatic heterocycles. The number of hydrogen-bond donors (Lipinski definition) is 2. The van der Waals surface area contributed by atoms with Crippen LogP contribution in [0.25, 0.3) is 21.8 Å². The lowest BCUT2D eigenvalue weighted by molar-refractivity contribution is -0.120. The Morgan fingerprint density at radius 2 is 1.69 bits per heavy atom. The molecule has 0 saturated heterocycles. The molecule has 2 N–H and O–H groups in total. The van der Waals surface area contributed by atoms with Crippen molar-refractivity contribution in [2.24, 2.45) is 0 Å². The van der Waals surface area contributed by atoms with Gasteiger partial charge in [0.15, 0.2) is 0 Å². The number of halogens is 1. The third-order valence-corrected chi connectivity index (χ3v) is 8.74. The standard InChI is InChI=1S/C37H35ClN4O3/c1-23-30(31-19-28(45-4)17-18-35(31)42(23)37(44)25-9-13-26(38)14-10-25)20-36(43)40-21-32(24-11-15-27(16-12-24)41(2)3)33-22-39-34-8-6-5-7-29(33)34/h5-19,22,32,39H,20-21H2,1-4H3,(H,40,43)/t32-/m0/s1. The molecule has 0 saturated carbocycles. The average Bonchev–Trinajstić information content (AvgIpc) is 3.59. The zero-order valence-corrected chi connectivity index (χ0v) is 26.5. The largest absolute Gasteiger partial charge is 0.497 e. The Labute approximate surface area is 267 Å². The van der Waals surface area contributed by atoms with Crippen molar-refractivity contribution in [2.75, 3.05) is 32.6 Å². The lowest BCUT2D eigenvalue weighted by Gasteiger charge is -2.20. The number of benzene rings is 4. The minimum atomic E-state index is -0.188. The third kappa shape index (κ3) is 5.91. The van der Waals surface area contributed by atoms with Crippen LogP contribution in [0.1, 0.15) is 38.7 Å². The molecule has 4 aromatic carbocycles. The van der Waals surface area contributed by atoms with Crippen molar-refractivity contribution < 1.29 is 14.3 Å². The Morgan fingerprint density at radius 1 is 0.956 bits per heavy atom. The molecule has 1 amide bonds. The van der Waals surface area contributed by atoms with Crippen molar-refractivity contribution >= 4 is 50.9 Å². The van der Waals surface area contributed by atoms with E-state index in [9.17, 15) is 9.59 Å². The van der Waals surface area contributed by atoms with Crippen molar-refractivity contribution in [1.29, 1.82) is 0 Å². The number of nitrogens with one attached hydrogen (secondary N) is 2. The summed E-state index contributed by atoms with van der Waals surface area (Å²) in [5.74, 6) is 0.261. The minimum Gasteiger partial charge on any atom is -0.497 e. The number of fused-ring (bicyclic) bond motifs is 2. The second-order valence-corrected chi connectivity index (χ2v) is 11.8. The molecule has 0 bridgehead atoms. The van der Waals surface area contributed by atoms with Crippen LogP contribution in [-0.4, -0.2) is 49.1 Å². The van der Waals surface area contributed by atoms with Crippen LogP contribution in [-0.2, 0) is 11.2 Å². The highest BCUT2D eigenvalue weighted by Crippen LogP contribution is 2.33. The highest BCUT2D eigenvalue weighted by molar-refractivity contribution is 6.30. The Balaban J connectivity index is 1.32. The van der Waals surface area contributed by atoms with Gasteiger partial charge in [-0.2, -0.15) is 0 Å². The summed E-state index contributed by atoms with van der Waals surface area (Å²) in [5.41, 5.74) is 7.10. The summed E-state index contributed by atoms with van der Waals surface area (Å²) in [6.07, 6.45) is 2.14. The number of aromatic nitrogens is 2. The average molecular weight is 619 g/mol. The van der Waals surface area contributed by atoms with Gasteiger partial charge in [0.05, 0.1) is 19.0 Å². The van der Waals surface area contributed by atoms with Gasteiger partial charge in [-0.05, 0) is 84.3 Å². The van der Waals surface area contributed by atoms with E-state index in [1.54, 1.807) is 35.9 Å². The normalized spacial score (nSPS) is 11.9. The molecule has 0 aliphatic rings. The van der Waals surface area contributed by atoms with Crippen LogP contribution in [0.3, 0.4) is 0 Å². The molecule has 0 aliphatic carbocycles. The molecule has 228 valence electrons. The second-order valence-electron chi connectivity index (χ2n) is 11.4. The molecule has 1 atom stereocenters. The second kappa shape index (κ2) is 12.5. The Morgan fingerprint density at radius 3 is 2.40 bits per heavy atom. The zero-order valence-electron chi connectivity index (χ0n) is 25.7. The molecule has 0 fully saturated rings. The van der Waals surface area contributed by atoms with E-state index < -0.39 is 0 Å². The fraction of sp³-hybridized carbons (Fsp3) is 0.189. The molecule has 0 spiro atoms. The molecule has 8 heteroatoms. The maximum Gasteiger partial charge on any atom is 0.262 e. The fourth-order valence-corrected chi connectivity index (χ4v) is 6.16. The van der Waals surface area contributed by atoms with Gasteiger partial charge in [-0.25, -0.2) is 0 Å². The molecule has 45 heavy (non-hydrogen) atoms. The van der Waals surface area contributed by atoms with E-state index in [4.69, 9.17) is 16.3 Å². The Bertz CT molecular complexity index is 2010. The van der Waals surface area contributed by atoms with Gasteiger partial charge >= 0.3 is 0 Å². The smallest absolute Gasteiger partial charge is 0.262 e. The van der Waals surface area contributed by atoms with Gasteiger partial charge in [-0.15, -0.1) is 0 Å². The summed E-state index contributed by atoms with van der Waals surface area (Å²) in [6, 6.07) is 29.0. The lowest BCUT2D eigenvalue weighted by Crippen LogP contribution is -2.30. The first kappa shape index (κ1) is 30.0. The first-order valence-electron chi connectivity index (χ1n) is 14.8. The number of hydrogen-bond acceptors (Lipinski definition) is 4. The van der Waals surface area contributed by atoms with Gasteiger partial charge in [-0.3, -0.25) is 14.2 Å². The molecular weight excluding hydrogens is 584 g/mol. The van der Waals surface area contributed by atoms with E-state index >= 15 is 0 Å². The van der Waals surface area contributed by atoms with E-state index in [-0.39, 0.29) is 24.2 Å². The van der Waals surface area contributed by atoms with E-state index in [1.807, 2.05) is 57.5 Å². The highest BCUT2D eigenvalue weighted by atomic mass is 35.5. The minimum absolute atomic E-state index is 0.0738. The van der Waals surface area contributed by atoms with Crippen LogP contribution in [0.5, 0.6) is 5.75 Å². The van der Waals surface area contributed by atoms with Crippen molar-refractivity contribution in [2.45, 2.75) is 19.3 Å². The number of ether oxygens (including phenoxy) is 1. The van der Waals surface area contributed by atoms with Gasteiger partial charge < -0.3 is 19.9 Å². The number of carbonyl (C=O) groups is 2. The molecular formula is C37H35ClN4O3. The highest BCUT2D eigenvalue weighted by Gasteiger charge is 2.24. The maximum atomic E-state index is 13.7.